The first kappa shape index (κ1) is 13.6. The summed E-state index contributed by atoms with van der Waals surface area (Å²) in [5.74, 6) is 0.878. The quantitative estimate of drug-likeness (QED) is 0.865. The average Bonchev–Trinajstić information content (AvgIpc) is 2.46. The normalized spacial score (nSPS) is 22.9. The van der Waals surface area contributed by atoms with Crippen molar-refractivity contribution in [2.45, 2.75) is 38.6 Å². The van der Waals surface area contributed by atoms with E-state index in [1.807, 2.05) is 0 Å². The van der Waals surface area contributed by atoms with Gasteiger partial charge in [-0.2, -0.15) is 0 Å². The standard InChI is InChI=1S/C16H26N2/c1-2-14-9-6-10-18(13-14)16(12-17)11-15-7-4-3-5-8-15/h3-5,7-8,14,16H,2,6,9-13,17H2,1H3. The van der Waals surface area contributed by atoms with E-state index in [1.54, 1.807) is 0 Å². The summed E-state index contributed by atoms with van der Waals surface area (Å²) in [6, 6.07) is 11.3. The molecule has 0 aliphatic carbocycles. The average molecular weight is 246 g/mol. The molecule has 0 amide bonds. The first-order valence-electron chi connectivity index (χ1n) is 7.31. The van der Waals surface area contributed by atoms with Crippen molar-refractivity contribution in [3.63, 3.8) is 0 Å². The third kappa shape index (κ3) is 3.56. The lowest BCUT2D eigenvalue weighted by atomic mass is 9.93. The van der Waals surface area contributed by atoms with Crippen molar-refractivity contribution in [1.82, 2.24) is 4.90 Å². The number of hydrogen-bond donors (Lipinski definition) is 1. The van der Waals surface area contributed by atoms with Gasteiger partial charge in [0.05, 0.1) is 0 Å². The minimum absolute atomic E-state index is 0.516. The van der Waals surface area contributed by atoms with Gasteiger partial charge < -0.3 is 5.73 Å². The van der Waals surface area contributed by atoms with Crippen molar-refractivity contribution >= 4 is 0 Å². The van der Waals surface area contributed by atoms with Crippen LogP contribution in [0.2, 0.25) is 0 Å². The Hall–Kier alpha value is -0.860. The summed E-state index contributed by atoms with van der Waals surface area (Å²) in [4.78, 5) is 2.62. The van der Waals surface area contributed by atoms with Gasteiger partial charge in [-0.25, -0.2) is 0 Å². The van der Waals surface area contributed by atoms with Crippen LogP contribution < -0.4 is 5.73 Å². The maximum absolute atomic E-state index is 6.00. The molecule has 1 saturated heterocycles. The monoisotopic (exact) mass is 246 g/mol. The van der Waals surface area contributed by atoms with Crippen molar-refractivity contribution in [3.8, 4) is 0 Å². The van der Waals surface area contributed by atoms with Gasteiger partial charge in [0.15, 0.2) is 0 Å². The molecule has 1 aromatic carbocycles. The van der Waals surface area contributed by atoms with Crippen LogP contribution in [0.1, 0.15) is 31.7 Å². The smallest absolute Gasteiger partial charge is 0.0258 e. The summed E-state index contributed by atoms with van der Waals surface area (Å²) in [6.45, 7) is 5.55. The van der Waals surface area contributed by atoms with Crippen molar-refractivity contribution in [2.75, 3.05) is 19.6 Å². The van der Waals surface area contributed by atoms with E-state index in [4.69, 9.17) is 5.73 Å². The number of likely N-dealkylation sites (tertiary alicyclic amines) is 1. The van der Waals surface area contributed by atoms with Gasteiger partial charge in [-0.15, -0.1) is 0 Å². The van der Waals surface area contributed by atoms with Crippen molar-refractivity contribution < 1.29 is 0 Å². The van der Waals surface area contributed by atoms with Crippen LogP contribution >= 0.6 is 0 Å². The van der Waals surface area contributed by atoms with Crippen molar-refractivity contribution in [1.29, 1.82) is 0 Å². The maximum atomic E-state index is 6.00. The fourth-order valence-electron chi connectivity index (χ4n) is 3.01. The van der Waals surface area contributed by atoms with Gasteiger partial charge >= 0.3 is 0 Å². The molecule has 2 unspecified atom stereocenters. The molecule has 18 heavy (non-hydrogen) atoms. The lowest BCUT2D eigenvalue weighted by Gasteiger charge is -2.37. The van der Waals surface area contributed by atoms with Crippen LogP contribution in [0.5, 0.6) is 0 Å². The molecule has 100 valence electrons. The highest BCUT2D eigenvalue weighted by molar-refractivity contribution is 5.16. The van der Waals surface area contributed by atoms with Crippen LogP contribution in [0.15, 0.2) is 30.3 Å². The predicted molar refractivity (Wildman–Crippen MR) is 77.6 cm³/mol. The Kier molecular flexibility index (Phi) is 5.21. The highest BCUT2D eigenvalue weighted by atomic mass is 15.2. The second-order valence-electron chi connectivity index (χ2n) is 5.49. The van der Waals surface area contributed by atoms with Crippen LogP contribution in [0.4, 0.5) is 0 Å². The van der Waals surface area contributed by atoms with Crippen LogP contribution in [0, 0.1) is 5.92 Å². The largest absolute Gasteiger partial charge is 0.329 e. The van der Waals surface area contributed by atoms with Gasteiger partial charge in [0.2, 0.25) is 0 Å². The maximum Gasteiger partial charge on any atom is 0.0258 e. The van der Waals surface area contributed by atoms with E-state index in [2.05, 4.69) is 42.2 Å². The molecule has 1 heterocycles. The number of nitrogens with zero attached hydrogens (tertiary/aromatic N) is 1. The predicted octanol–water partition coefficient (Wildman–Crippen LogP) is 2.68. The summed E-state index contributed by atoms with van der Waals surface area (Å²) in [5.41, 5.74) is 7.41. The molecule has 1 fully saturated rings. The zero-order chi connectivity index (χ0) is 12.8. The van der Waals surface area contributed by atoms with Gasteiger partial charge in [-0.1, -0.05) is 43.7 Å². The minimum atomic E-state index is 0.516. The Bertz CT molecular complexity index is 336. The molecule has 0 bridgehead atoms. The van der Waals surface area contributed by atoms with E-state index >= 15 is 0 Å². The zero-order valence-corrected chi connectivity index (χ0v) is 11.5. The molecule has 0 aromatic heterocycles. The Balaban J connectivity index is 1.95. The van der Waals surface area contributed by atoms with Crippen LogP contribution in [0.25, 0.3) is 0 Å². The van der Waals surface area contributed by atoms with E-state index in [-0.39, 0.29) is 0 Å². The van der Waals surface area contributed by atoms with E-state index in [0.29, 0.717) is 6.04 Å². The zero-order valence-electron chi connectivity index (χ0n) is 11.5. The molecule has 0 spiro atoms. The first-order chi connectivity index (χ1) is 8.83. The van der Waals surface area contributed by atoms with Gasteiger partial charge in [0.1, 0.15) is 0 Å². The fraction of sp³-hybridized carbons (Fsp3) is 0.625. The lowest BCUT2D eigenvalue weighted by molar-refractivity contribution is 0.123. The Morgan fingerprint density at radius 3 is 2.78 bits per heavy atom. The molecular formula is C16H26N2. The first-order valence-corrected chi connectivity index (χ1v) is 7.31. The third-order valence-electron chi connectivity index (χ3n) is 4.23. The number of hydrogen-bond acceptors (Lipinski definition) is 2. The third-order valence-corrected chi connectivity index (χ3v) is 4.23. The summed E-state index contributed by atoms with van der Waals surface area (Å²) < 4.78 is 0. The Morgan fingerprint density at radius 2 is 2.11 bits per heavy atom. The fourth-order valence-corrected chi connectivity index (χ4v) is 3.01. The highest BCUT2D eigenvalue weighted by Gasteiger charge is 2.24. The molecule has 1 aliphatic rings. The molecule has 2 atom stereocenters. The number of piperidine rings is 1. The van der Waals surface area contributed by atoms with Crippen LogP contribution in [-0.2, 0) is 6.42 Å². The molecule has 0 radical (unpaired) electrons. The van der Waals surface area contributed by atoms with Crippen molar-refractivity contribution in [3.05, 3.63) is 35.9 Å². The van der Waals surface area contributed by atoms with E-state index in [0.717, 1.165) is 18.9 Å². The van der Waals surface area contributed by atoms with E-state index < -0.39 is 0 Å². The number of benzene rings is 1. The van der Waals surface area contributed by atoms with E-state index in [9.17, 15) is 0 Å². The van der Waals surface area contributed by atoms with Gasteiger partial charge in [0, 0.05) is 19.1 Å². The lowest BCUT2D eigenvalue weighted by Crippen LogP contribution is -2.47. The van der Waals surface area contributed by atoms with Crippen LogP contribution in [0.3, 0.4) is 0 Å². The molecule has 2 N–H and O–H groups in total. The summed E-state index contributed by atoms with van der Waals surface area (Å²) >= 11 is 0. The molecule has 2 heteroatoms. The molecule has 1 aromatic rings. The summed E-state index contributed by atoms with van der Waals surface area (Å²) in [5, 5.41) is 0. The topological polar surface area (TPSA) is 29.3 Å². The SMILES string of the molecule is CCC1CCCN(C(CN)Cc2ccccc2)C1. The number of nitrogens with two attached hydrogens (primary N) is 1. The molecule has 2 rings (SSSR count). The van der Waals surface area contributed by atoms with Gasteiger partial charge in [-0.05, 0) is 37.3 Å². The van der Waals surface area contributed by atoms with E-state index in [1.165, 1.54) is 37.9 Å². The van der Waals surface area contributed by atoms with Gasteiger partial charge in [0.25, 0.3) is 0 Å². The summed E-state index contributed by atoms with van der Waals surface area (Å²) in [6.07, 6.45) is 5.13. The number of rotatable bonds is 5. The summed E-state index contributed by atoms with van der Waals surface area (Å²) in [7, 11) is 0. The van der Waals surface area contributed by atoms with Gasteiger partial charge in [-0.3, -0.25) is 4.90 Å². The highest BCUT2D eigenvalue weighted by Crippen LogP contribution is 2.22. The Morgan fingerprint density at radius 1 is 1.33 bits per heavy atom. The Labute approximate surface area is 111 Å². The molecule has 2 nitrogen and oxygen atoms in total. The molecule has 1 aliphatic heterocycles. The molecule has 0 saturated carbocycles. The minimum Gasteiger partial charge on any atom is -0.329 e. The van der Waals surface area contributed by atoms with Crippen molar-refractivity contribution in [2.24, 2.45) is 11.7 Å². The second-order valence-corrected chi connectivity index (χ2v) is 5.49. The second kappa shape index (κ2) is 6.91. The van der Waals surface area contributed by atoms with Crippen LogP contribution in [-0.4, -0.2) is 30.6 Å². The molecular weight excluding hydrogens is 220 g/mol.